The largest absolute Gasteiger partial charge is 0.490 e. The monoisotopic (exact) mass is 334 g/mol. The topological polar surface area (TPSA) is 73.1 Å². The van der Waals surface area contributed by atoms with Crippen LogP contribution in [0.5, 0.6) is 5.75 Å². The fourth-order valence-electron chi connectivity index (χ4n) is 3.00. The first-order valence-electron chi connectivity index (χ1n) is 8.78. The number of fused-ring (bicyclic) bond motifs is 1. The van der Waals surface area contributed by atoms with E-state index in [0.29, 0.717) is 11.8 Å². The zero-order chi connectivity index (χ0) is 17.1. The van der Waals surface area contributed by atoms with E-state index in [2.05, 4.69) is 33.5 Å². The average Bonchev–Trinajstić information content (AvgIpc) is 2.59. The minimum Gasteiger partial charge on any atom is -0.490 e. The minimum absolute atomic E-state index is 0.409. The Morgan fingerprint density at radius 1 is 1.12 bits per heavy atom. The molecule has 25 heavy (non-hydrogen) atoms. The first kappa shape index (κ1) is 15.7. The number of rotatable bonds is 6. The Morgan fingerprint density at radius 2 is 2.04 bits per heavy atom. The summed E-state index contributed by atoms with van der Waals surface area (Å²) in [5, 5.41) is 4.35. The minimum atomic E-state index is 0.409. The molecule has 0 unspecified atom stereocenters. The van der Waals surface area contributed by atoms with Gasteiger partial charge in [0.1, 0.15) is 17.9 Å². The summed E-state index contributed by atoms with van der Waals surface area (Å²) in [6.45, 7) is 0.786. The van der Waals surface area contributed by atoms with Crippen LogP contribution in [0.15, 0.2) is 48.8 Å². The summed E-state index contributed by atoms with van der Waals surface area (Å²) in [5.74, 6) is 1.79. The van der Waals surface area contributed by atoms with E-state index in [0.717, 1.165) is 35.4 Å². The van der Waals surface area contributed by atoms with Crippen LogP contribution in [0.1, 0.15) is 24.8 Å². The van der Waals surface area contributed by atoms with Gasteiger partial charge in [0.25, 0.3) is 0 Å². The molecular formula is C20H22N4O. The van der Waals surface area contributed by atoms with Crippen molar-refractivity contribution in [3.63, 3.8) is 0 Å². The molecule has 1 aromatic heterocycles. The number of nitrogens with two attached hydrogens (primary N) is 1. The fourth-order valence-corrected chi connectivity index (χ4v) is 3.00. The molecule has 1 aliphatic carbocycles. The van der Waals surface area contributed by atoms with Crippen molar-refractivity contribution in [3.8, 4) is 5.75 Å². The van der Waals surface area contributed by atoms with Crippen LogP contribution in [0, 0.1) is 0 Å². The van der Waals surface area contributed by atoms with Crippen LogP contribution in [0.25, 0.3) is 10.9 Å². The maximum atomic E-state index is 5.97. The van der Waals surface area contributed by atoms with Crippen molar-refractivity contribution in [2.24, 2.45) is 0 Å². The molecule has 0 amide bonds. The van der Waals surface area contributed by atoms with Gasteiger partial charge in [-0.3, -0.25) is 0 Å². The molecule has 5 nitrogen and oxygen atoms in total. The van der Waals surface area contributed by atoms with Crippen LogP contribution in [-0.4, -0.2) is 22.6 Å². The number of aromatic nitrogens is 2. The van der Waals surface area contributed by atoms with Crippen molar-refractivity contribution in [3.05, 3.63) is 54.4 Å². The van der Waals surface area contributed by atoms with E-state index in [4.69, 9.17) is 10.5 Å². The lowest BCUT2D eigenvalue weighted by Crippen LogP contribution is -2.24. The van der Waals surface area contributed by atoms with Gasteiger partial charge in [0, 0.05) is 17.6 Å². The lowest BCUT2D eigenvalue weighted by atomic mass is 9.96. The summed E-state index contributed by atoms with van der Waals surface area (Å²) in [7, 11) is 0. The van der Waals surface area contributed by atoms with E-state index < -0.39 is 0 Å². The summed E-state index contributed by atoms with van der Waals surface area (Å²) in [4.78, 5) is 8.63. The van der Waals surface area contributed by atoms with Gasteiger partial charge in [-0.05, 0) is 61.6 Å². The van der Waals surface area contributed by atoms with E-state index >= 15 is 0 Å². The second kappa shape index (κ2) is 6.97. The van der Waals surface area contributed by atoms with Crippen molar-refractivity contribution in [2.45, 2.75) is 31.8 Å². The maximum Gasteiger partial charge on any atom is 0.137 e. The molecule has 1 heterocycles. The number of benzene rings is 2. The highest BCUT2D eigenvalue weighted by atomic mass is 16.5. The van der Waals surface area contributed by atoms with Crippen LogP contribution < -0.4 is 15.8 Å². The second-order valence-electron chi connectivity index (χ2n) is 6.49. The van der Waals surface area contributed by atoms with E-state index in [1.165, 1.54) is 24.8 Å². The molecule has 0 radical (unpaired) electrons. The van der Waals surface area contributed by atoms with Crippen LogP contribution in [0.4, 0.5) is 11.5 Å². The van der Waals surface area contributed by atoms with E-state index in [9.17, 15) is 0 Å². The predicted octanol–water partition coefficient (Wildman–Crippen LogP) is 3.80. The molecule has 1 aliphatic rings. The highest BCUT2D eigenvalue weighted by Crippen LogP contribution is 2.26. The fraction of sp³-hybridized carbons (Fsp3) is 0.300. The Morgan fingerprint density at radius 3 is 2.88 bits per heavy atom. The summed E-state index contributed by atoms with van der Waals surface area (Å²) < 4.78 is 5.97. The Balaban J connectivity index is 1.41. The van der Waals surface area contributed by atoms with Gasteiger partial charge < -0.3 is 15.8 Å². The van der Waals surface area contributed by atoms with Crippen LogP contribution >= 0.6 is 0 Å². The summed E-state index contributed by atoms with van der Waals surface area (Å²) in [6.07, 6.45) is 6.52. The standard InChI is InChI=1S/C20H22N4O/c21-15-7-8-19-18(12-15)20(24-13-23-19)22-10-9-14-3-1-6-17(11-14)25-16-4-2-5-16/h1,3,6-8,11-13,16H,2,4-5,9-10,21H2,(H,22,23,24). The first-order valence-corrected chi connectivity index (χ1v) is 8.78. The molecule has 5 heteroatoms. The Labute approximate surface area is 147 Å². The molecule has 2 aromatic carbocycles. The zero-order valence-corrected chi connectivity index (χ0v) is 14.1. The molecule has 128 valence electrons. The number of nitrogens with one attached hydrogen (secondary N) is 1. The summed E-state index contributed by atoms with van der Waals surface area (Å²) in [6, 6.07) is 14.0. The van der Waals surface area contributed by atoms with Gasteiger partial charge >= 0.3 is 0 Å². The molecule has 1 fully saturated rings. The zero-order valence-electron chi connectivity index (χ0n) is 14.1. The molecule has 4 rings (SSSR count). The molecule has 0 saturated heterocycles. The Hall–Kier alpha value is -2.82. The highest BCUT2D eigenvalue weighted by molar-refractivity contribution is 5.91. The molecule has 1 saturated carbocycles. The quantitative estimate of drug-likeness (QED) is 0.671. The third kappa shape index (κ3) is 3.65. The average molecular weight is 334 g/mol. The van der Waals surface area contributed by atoms with Crippen LogP contribution in [0.2, 0.25) is 0 Å². The number of nitrogens with zero attached hydrogens (tertiary/aromatic N) is 2. The normalized spacial score (nSPS) is 14.2. The van der Waals surface area contributed by atoms with Crippen molar-refractivity contribution in [1.29, 1.82) is 0 Å². The van der Waals surface area contributed by atoms with E-state index in [-0.39, 0.29) is 0 Å². The highest BCUT2D eigenvalue weighted by Gasteiger charge is 2.18. The van der Waals surface area contributed by atoms with Crippen molar-refractivity contribution >= 4 is 22.4 Å². The summed E-state index contributed by atoms with van der Waals surface area (Å²) >= 11 is 0. The lowest BCUT2D eigenvalue weighted by Gasteiger charge is -2.26. The van der Waals surface area contributed by atoms with Gasteiger partial charge in [-0.2, -0.15) is 0 Å². The number of ether oxygens (including phenoxy) is 1. The number of anilines is 2. The third-order valence-corrected chi connectivity index (χ3v) is 4.62. The Bertz CT molecular complexity index is 876. The third-order valence-electron chi connectivity index (χ3n) is 4.62. The van der Waals surface area contributed by atoms with Crippen molar-refractivity contribution in [2.75, 3.05) is 17.6 Å². The molecule has 3 aromatic rings. The molecular weight excluding hydrogens is 312 g/mol. The van der Waals surface area contributed by atoms with Gasteiger partial charge in [-0.15, -0.1) is 0 Å². The molecule has 0 aliphatic heterocycles. The van der Waals surface area contributed by atoms with Crippen molar-refractivity contribution in [1.82, 2.24) is 9.97 Å². The van der Waals surface area contributed by atoms with Crippen molar-refractivity contribution < 1.29 is 4.74 Å². The molecule has 0 bridgehead atoms. The van der Waals surface area contributed by atoms with Crippen LogP contribution in [0.3, 0.4) is 0 Å². The summed E-state index contributed by atoms with van der Waals surface area (Å²) in [5.41, 5.74) is 8.75. The predicted molar refractivity (Wildman–Crippen MR) is 101 cm³/mol. The Kier molecular flexibility index (Phi) is 4.37. The lowest BCUT2D eigenvalue weighted by molar-refractivity contribution is 0.120. The smallest absolute Gasteiger partial charge is 0.137 e. The van der Waals surface area contributed by atoms with Gasteiger partial charge in [-0.1, -0.05) is 12.1 Å². The van der Waals surface area contributed by atoms with E-state index in [1.807, 2.05) is 24.3 Å². The molecule has 0 spiro atoms. The SMILES string of the molecule is Nc1ccc2ncnc(NCCc3cccc(OC4CCC4)c3)c2c1. The molecule has 0 atom stereocenters. The molecule has 3 N–H and O–H groups in total. The van der Waals surface area contributed by atoms with Crippen LogP contribution in [-0.2, 0) is 6.42 Å². The number of hydrogen-bond donors (Lipinski definition) is 2. The van der Waals surface area contributed by atoms with Gasteiger partial charge in [0.05, 0.1) is 11.6 Å². The van der Waals surface area contributed by atoms with Gasteiger partial charge in [0.15, 0.2) is 0 Å². The number of hydrogen-bond acceptors (Lipinski definition) is 5. The van der Waals surface area contributed by atoms with Gasteiger partial charge in [-0.25, -0.2) is 9.97 Å². The van der Waals surface area contributed by atoms with Gasteiger partial charge in [0.2, 0.25) is 0 Å². The van der Waals surface area contributed by atoms with E-state index in [1.54, 1.807) is 6.33 Å². The second-order valence-corrected chi connectivity index (χ2v) is 6.49. The number of nitrogen functional groups attached to an aromatic ring is 1. The maximum absolute atomic E-state index is 5.97. The first-order chi connectivity index (χ1) is 12.3.